The molecule has 142 valence electrons. The van der Waals surface area contributed by atoms with Crippen LogP contribution in [0, 0.1) is 11.3 Å². The molecule has 2 amide bonds. The number of nitrogens with zero attached hydrogens (tertiary/aromatic N) is 4. The highest BCUT2D eigenvalue weighted by molar-refractivity contribution is 5.98. The molecule has 2 aliphatic heterocycles. The number of amides is 2. The summed E-state index contributed by atoms with van der Waals surface area (Å²) in [5.41, 5.74) is 3.01. The van der Waals surface area contributed by atoms with Crippen LogP contribution in [0.3, 0.4) is 0 Å². The lowest BCUT2D eigenvalue weighted by molar-refractivity contribution is -0.116. The summed E-state index contributed by atoms with van der Waals surface area (Å²) in [5, 5.41) is 12.2. The quantitative estimate of drug-likeness (QED) is 0.869. The number of rotatable bonds is 2. The molecule has 1 aromatic carbocycles. The van der Waals surface area contributed by atoms with E-state index >= 15 is 0 Å². The van der Waals surface area contributed by atoms with Crippen molar-refractivity contribution in [1.82, 2.24) is 9.88 Å². The number of hydrogen-bond donors (Lipinski definition) is 1. The smallest absolute Gasteiger partial charge is 0.253 e. The first-order valence-corrected chi connectivity index (χ1v) is 9.48. The summed E-state index contributed by atoms with van der Waals surface area (Å²) in [6, 6.07) is 11.2. The summed E-state index contributed by atoms with van der Waals surface area (Å²) in [4.78, 5) is 32.8. The summed E-state index contributed by atoms with van der Waals surface area (Å²) in [5.74, 6) is 0.706. The average molecular weight is 375 g/mol. The molecule has 2 aliphatic rings. The van der Waals surface area contributed by atoms with Crippen LogP contribution in [0.25, 0.3) is 0 Å². The molecule has 0 atom stereocenters. The number of benzene rings is 1. The van der Waals surface area contributed by atoms with Gasteiger partial charge in [-0.1, -0.05) is 0 Å². The normalized spacial score (nSPS) is 16.6. The van der Waals surface area contributed by atoms with Crippen LogP contribution in [0.5, 0.6) is 0 Å². The largest absolute Gasteiger partial charge is 0.354 e. The van der Waals surface area contributed by atoms with Gasteiger partial charge in [-0.3, -0.25) is 9.59 Å². The maximum Gasteiger partial charge on any atom is 0.253 e. The Morgan fingerprint density at radius 1 is 1.14 bits per heavy atom. The lowest BCUT2D eigenvalue weighted by Crippen LogP contribution is -2.35. The van der Waals surface area contributed by atoms with Crippen molar-refractivity contribution in [3.05, 3.63) is 53.2 Å². The predicted octanol–water partition coefficient (Wildman–Crippen LogP) is 2.19. The fraction of sp³-hybridized carbons (Fsp3) is 0.333. The molecular weight excluding hydrogens is 354 g/mol. The molecule has 0 saturated carbocycles. The summed E-state index contributed by atoms with van der Waals surface area (Å²) < 4.78 is 0. The fourth-order valence-corrected chi connectivity index (χ4v) is 3.77. The molecule has 0 aliphatic carbocycles. The van der Waals surface area contributed by atoms with Crippen LogP contribution in [0.2, 0.25) is 0 Å². The minimum Gasteiger partial charge on any atom is -0.354 e. The molecule has 28 heavy (non-hydrogen) atoms. The van der Waals surface area contributed by atoms with E-state index in [1.54, 1.807) is 24.4 Å². The van der Waals surface area contributed by atoms with Gasteiger partial charge in [-0.25, -0.2) is 4.98 Å². The molecule has 1 fully saturated rings. The van der Waals surface area contributed by atoms with Crippen molar-refractivity contribution < 1.29 is 9.59 Å². The number of aromatic nitrogens is 1. The van der Waals surface area contributed by atoms with Crippen LogP contribution < -0.4 is 10.2 Å². The van der Waals surface area contributed by atoms with Crippen LogP contribution in [0.15, 0.2) is 36.5 Å². The zero-order valence-electron chi connectivity index (χ0n) is 15.5. The molecule has 0 bridgehead atoms. The third-order valence-corrected chi connectivity index (χ3v) is 5.24. The van der Waals surface area contributed by atoms with Crippen LogP contribution in [-0.4, -0.2) is 47.9 Å². The van der Waals surface area contributed by atoms with E-state index in [0.717, 1.165) is 24.2 Å². The van der Waals surface area contributed by atoms with Gasteiger partial charge in [0.25, 0.3) is 5.91 Å². The Labute approximate surface area is 163 Å². The van der Waals surface area contributed by atoms with E-state index in [-0.39, 0.29) is 11.8 Å². The van der Waals surface area contributed by atoms with E-state index in [9.17, 15) is 14.9 Å². The first-order valence-electron chi connectivity index (χ1n) is 9.48. The van der Waals surface area contributed by atoms with Gasteiger partial charge in [-0.2, -0.15) is 5.26 Å². The van der Waals surface area contributed by atoms with Crippen molar-refractivity contribution in [2.75, 3.05) is 36.4 Å². The van der Waals surface area contributed by atoms with E-state index in [1.165, 1.54) is 0 Å². The van der Waals surface area contributed by atoms with Crippen LogP contribution in [0.4, 0.5) is 11.5 Å². The highest BCUT2D eigenvalue weighted by Crippen LogP contribution is 2.25. The van der Waals surface area contributed by atoms with Gasteiger partial charge >= 0.3 is 0 Å². The molecule has 4 rings (SSSR count). The molecule has 2 aromatic rings. The standard InChI is InChI=1S/C21H21N5O2/c22-14-17-3-1-8-23-20(17)25-9-2-10-26(12-11-25)21(28)16-4-6-18-15(13-16)5-7-19(27)24-18/h1,3-4,6,8,13H,2,5,7,9-12H2,(H,24,27). The number of hydrogen-bond acceptors (Lipinski definition) is 5. The topological polar surface area (TPSA) is 89.3 Å². The number of nitriles is 1. The molecule has 7 nitrogen and oxygen atoms in total. The van der Waals surface area contributed by atoms with Gasteiger partial charge in [-0.15, -0.1) is 0 Å². The number of nitrogens with one attached hydrogen (secondary N) is 1. The number of carbonyl (C=O) groups excluding carboxylic acids is 2. The molecule has 3 heterocycles. The third kappa shape index (κ3) is 3.54. The zero-order chi connectivity index (χ0) is 19.5. The van der Waals surface area contributed by atoms with Crippen molar-refractivity contribution in [2.24, 2.45) is 0 Å². The second kappa shape index (κ2) is 7.69. The first kappa shape index (κ1) is 18.0. The summed E-state index contributed by atoms with van der Waals surface area (Å²) in [6.07, 6.45) is 3.62. The first-order chi connectivity index (χ1) is 13.7. The van der Waals surface area contributed by atoms with Gasteiger partial charge in [0.05, 0.1) is 5.56 Å². The van der Waals surface area contributed by atoms with E-state index in [4.69, 9.17) is 0 Å². The van der Waals surface area contributed by atoms with Gasteiger partial charge in [-0.05, 0) is 48.7 Å². The molecule has 1 aromatic heterocycles. The van der Waals surface area contributed by atoms with Gasteiger partial charge < -0.3 is 15.1 Å². The number of anilines is 2. The molecule has 1 N–H and O–H groups in total. The number of carbonyl (C=O) groups is 2. The average Bonchev–Trinajstić information content (AvgIpc) is 2.99. The van der Waals surface area contributed by atoms with Crippen molar-refractivity contribution in [3.63, 3.8) is 0 Å². The molecular formula is C21H21N5O2. The minimum absolute atomic E-state index is 0.00285. The van der Waals surface area contributed by atoms with Crippen LogP contribution in [-0.2, 0) is 11.2 Å². The van der Waals surface area contributed by atoms with Gasteiger partial charge in [0.1, 0.15) is 11.9 Å². The van der Waals surface area contributed by atoms with Gasteiger partial charge in [0.2, 0.25) is 5.91 Å². The summed E-state index contributed by atoms with van der Waals surface area (Å²) in [6.45, 7) is 2.64. The number of fused-ring (bicyclic) bond motifs is 1. The Morgan fingerprint density at radius 2 is 2.04 bits per heavy atom. The number of pyridine rings is 1. The van der Waals surface area contributed by atoms with E-state index in [0.29, 0.717) is 49.4 Å². The van der Waals surface area contributed by atoms with E-state index in [1.807, 2.05) is 17.0 Å². The van der Waals surface area contributed by atoms with Crippen LogP contribution >= 0.6 is 0 Å². The molecule has 1 saturated heterocycles. The van der Waals surface area contributed by atoms with Gasteiger partial charge in [0.15, 0.2) is 0 Å². The Morgan fingerprint density at radius 3 is 2.89 bits per heavy atom. The summed E-state index contributed by atoms with van der Waals surface area (Å²) in [7, 11) is 0. The Hall–Kier alpha value is -3.40. The predicted molar refractivity (Wildman–Crippen MR) is 105 cm³/mol. The van der Waals surface area contributed by atoms with Crippen molar-refractivity contribution in [2.45, 2.75) is 19.3 Å². The fourth-order valence-electron chi connectivity index (χ4n) is 3.77. The zero-order valence-corrected chi connectivity index (χ0v) is 15.5. The SMILES string of the molecule is N#Cc1cccnc1N1CCCN(C(=O)c2ccc3c(c2)CCC(=O)N3)CC1. The van der Waals surface area contributed by atoms with Gasteiger partial charge in [0, 0.05) is 50.0 Å². The maximum absolute atomic E-state index is 13.0. The molecule has 7 heteroatoms. The minimum atomic E-state index is 0.00285. The lowest BCUT2D eigenvalue weighted by atomic mass is 10.00. The van der Waals surface area contributed by atoms with Crippen molar-refractivity contribution >= 4 is 23.3 Å². The maximum atomic E-state index is 13.0. The summed E-state index contributed by atoms with van der Waals surface area (Å²) >= 11 is 0. The van der Waals surface area contributed by atoms with E-state index in [2.05, 4.69) is 21.3 Å². The highest BCUT2D eigenvalue weighted by atomic mass is 16.2. The second-order valence-electron chi connectivity index (χ2n) is 7.04. The third-order valence-electron chi connectivity index (χ3n) is 5.24. The molecule has 0 unspecified atom stereocenters. The Bertz CT molecular complexity index is 966. The van der Waals surface area contributed by atoms with Crippen molar-refractivity contribution in [1.29, 1.82) is 5.26 Å². The lowest BCUT2D eigenvalue weighted by Gasteiger charge is -2.24. The van der Waals surface area contributed by atoms with E-state index < -0.39 is 0 Å². The number of aryl methyl sites for hydroxylation is 1. The Kier molecular flexibility index (Phi) is 4.94. The monoisotopic (exact) mass is 375 g/mol. The molecule has 0 radical (unpaired) electrons. The highest BCUT2D eigenvalue weighted by Gasteiger charge is 2.23. The van der Waals surface area contributed by atoms with Crippen molar-refractivity contribution in [3.8, 4) is 6.07 Å². The second-order valence-corrected chi connectivity index (χ2v) is 7.04. The Balaban J connectivity index is 1.48. The molecule has 0 spiro atoms. The van der Waals surface area contributed by atoms with Crippen LogP contribution in [0.1, 0.15) is 34.3 Å².